The summed E-state index contributed by atoms with van der Waals surface area (Å²) in [5.41, 5.74) is -0.646. The molecule has 15 heavy (non-hydrogen) atoms. The molecule has 0 bridgehead atoms. The van der Waals surface area contributed by atoms with E-state index in [4.69, 9.17) is 9.94 Å². The van der Waals surface area contributed by atoms with Crippen LogP contribution in [-0.2, 0) is 9.63 Å². The number of carbonyl (C=O) groups excluding carboxylic acids is 1. The normalized spacial score (nSPS) is 10.9. The molecule has 0 aromatic carbocycles. The molecular formula is C9H18N2O4. The Bertz CT molecular complexity index is 240. The number of carbonyl (C=O) groups is 2. The van der Waals surface area contributed by atoms with E-state index in [1.54, 1.807) is 13.8 Å². The molecule has 0 spiro atoms. The molecule has 0 heterocycles. The third kappa shape index (κ3) is 4.64. The standard InChI is InChI=1S/C9H18N2O4/c1-9(2,5-6-10-8(13)14)7(12)11(3)15-4/h10H,5-6H2,1-4H3,(H,13,14). The Morgan fingerprint density at radius 2 is 2.00 bits per heavy atom. The van der Waals surface area contributed by atoms with Gasteiger partial charge in [-0.3, -0.25) is 9.63 Å². The zero-order chi connectivity index (χ0) is 12.1. The van der Waals surface area contributed by atoms with Crippen molar-refractivity contribution in [3.05, 3.63) is 0 Å². The first-order valence-corrected chi connectivity index (χ1v) is 4.60. The number of rotatable bonds is 5. The molecule has 0 atom stereocenters. The van der Waals surface area contributed by atoms with Crippen LogP contribution < -0.4 is 5.32 Å². The van der Waals surface area contributed by atoms with Crippen molar-refractivity contribution in [2.24, 2.45) is 5.41 Å². The predicted octanol–water partition coefficient (Wildman–Crippen LogP) is 0.690. The van der Waals surface area contributed by atoms with Gasteiger partial charge in [-0.1, -0.05) is 13.8 Å². The average molecular weight is 218 g/mol. The van der Waals surface area contributed by atoms with Gasteiger partial charge in [0.25, 0.3) is 5.91 Å². The first-order valence-electron chi connectivity index (χ1n) is 4.60. The van der Waals surface area contributed by atoms with Crippen LogP contribution in [0.1, 0.15) is 20.3 Å². The minimum absolute atomic E-state index is 0.183. The fourth-order valence-corrected chi connectivity index (χ4v) is 1.10. The molecule has 2 N–H and O–H groups in total. The van der Waals surface area contributed by atoms with Crippen LogP contribution >= 0.6 is 0 Å². The van der Waals surface area contributed by atoms with Crippen LogP contribution in [0.4, 0.5) is 4.79 Å². The van der Waals surface area contributed by atoms with Crippen LogP contribution in [0.2, 0.25) is 0 Å². The Labute approximate surface area is 89.2 Å². The molecule has 0 fully saturated rings. The van der Waals surface area contributed by atoms with Gasteiger partial charge in [0.2, 0.25) is 0 Å². The summed E-state index contributed by atoms with van der Waals surface area (Å²) < 4.78 is 0. The molecule has 0 rings (SSSR count). The number of nitrogens with zero attached hydrogens (tertiary/aromatic N) is 1. The molecule has 2 amide bonds. The molecule has 0 unspecified atom stereocenters. The minimum atomic E-state index is -1.08. The molecule has 0 aromatic rings. The molecule has 6 nitrogen and oxygen atoms in total. The van der Waals surface area contributed by atoms with Crippen molar-refractivity contribution < 1.29 is 19.5 Å². The van der Waals surface area contributed by atoms with E-state index in [0.717, 1.165) is 5.06 Å². The van der Waals surface area contributed by atoms with Crippen molar-refractivity contribution in [3.63, 3.8) is 0 Å². The Balaban J connectivity index is 4.16. The van der Waals surface area contributed by atoms with Crippen molar-refractivity contribution in [2.75, 3.05) is 20.7 Å². The second-order valence-corrected chi connectivity index (χ2v) is 3.85. The quantitative estimate of drug-likeness (QED) is 0.665. The molecule has 0 aliphatic carbocycles. The van der Waals surface area contributed by atoms with Gasteiger partial charge < -0.3 is 10.4 Å². The first kappa shape index (κ1) is 13.7. The molecule has 0 radical (unpaired) electrons. The van der Waals surface area contributed by atoms with E-state index in [1.165, 1.54) is 14.2 Å². The zero-order valence-corrected chi connectivity index (χ0v) is 9.53. The van der Waals surface area contributed by atoms with Crippen LogP contribution in [0.3, 0.4) is 0 Å². The lowest BCUT2D eigenvalue weighted by Gasteiger charge is -2.27. The lowest BCUT2D eigenvalue weighted by Crippen LogP contribution is -2.40. The second kappa shape index (κ2) is 5.55. The fraction of sp³-hybridized carbons (Fsp3) is 0.778. The molecule has 0 aliphatic rings. The summed E-state index contributed by atoms with van der Waals surface area (Å²) in [6, 6.07) is 0. The highest BCUT2D eigenvalue weighted by atomic mass is 16.7. The smallest absolute Gasteiger partial charge is 0.404 e. The van der Waals surface area contributed by atoms with Gasteiger partial charge in [0.05, 0.1) is 7.11 Å². The van der Waals surface area contributed by atoms with E-state index in [-0.39, 0.29) is 12.5 Å². The lowest BCUT2D eigenvalue weighted by atomic mass is 9.88. The maximum atomic E-state index is 11.7. The zero-order valence-electron chi connectivity index (χ0n) is 9.53. The molecule has 0 saturated carbocycles. The van der Waals surface area contributed by atoms with Gasteiger partial charge >= 0.3 is 6.09 Å². The number of hydrogen-bond acceptors (Lipinski definition) is 3. The van der Waals surface area contributed by atoms with Gasteiger partial charge in [-0.15, -0.1) is 0 Å². The van der Waals surface area contributed by atoms with Gasteiger partial charge in [-0.25, -0.2) is 9.86 Å². The first-order chi connectivity index (χ1) is 6.81. The minimum Gasteiger partial charge on any atom is -0.465 e. The van der Waals surface area contributed by atoms with Crippen LogP contribution in [0.15, 0.2) is 0 Å². The Morgan fingerprint density at radius 1 is 1.47 bits per heavy atom. The third-order valence-corrected chi connectivity index (χ3v) is 2.17. The average Bonchev–Trinajstić information content (AvgIpc) is 2.14. The summed E-state index contributed by atoms with van der Waals surface area (Å²) in [6.45, 7) is 3.73. The molecule has 0 saturated heterocycles. The summed E-state index contributed by atoms with van der Waals surface area (Å²) in [6.07, 6.45) is -0.662. The number of nitrogens with one attached hydrogen (secondary N) is 1. The lowest BCUT2D eigenvalue weighted by molar-refractivity contribution is -0.178. The highest BCUT2D eigenvalue weighted by Gasteiger charge is 2.30. The van der Waals surface area contributed by atoms with Gasteiger partial charge in [0, 0.05) is 19.0 Å². The van der Waals surface area contributed by atoms with Gasteiger partial charge in [0.15, 0.2) is 0 Å². The van der Waals surface area contributed by atoms with Crippen molar-refractivity contribution in [3.8, 4) is 0 Å². The van der Waals surface area contributed by atoms with Crippen LogP contribution in [0.25, 0.3) is 0 Å². The highest BCUT2D eigenvalue weighted by molar-refractivity contribution is 5.80. The molecule has 88 valence electrons. The second-order valence-electron chi connectivity index (χ2n) is 3.85. The van der Waals surface area contributed by atoms with E-state index in [2.05, 4.69) is 5.32 Å². The van der Waals surface area contributed by atoms with Gasteiger partial charge in [-0.2, -0.15) is 0 Å². The summed E-state index contributed by atoms with van der Waals surface area (Å²) in [7, 11) is 2.93. The van der Waals surface area contributed by atoms with E-state index in [1.807, 2.05) is 0 Å². The van der Waals surface area contributed by atoms with E-state index >= 15 is 0 Å². The van der Waals surface area contributed by atoms with E-state index < -0.39 is 11.5 Å². The predicted molar refractivity (Wildman–Crippen MR) is 54.2 cm³/mol. The monoisotopic (exact) mass is 218 g/mol. The number of amides is 2. The topological polar surface area (TPSA) is 78.9 Å². The van der Waals surface area contributed by atoms with Crippen LogP contribution in [0.5, 0.6) is 0 Å². The van der Waals surface area contributed by atoms with Crippen molar-refractivity contribution in [1.82, 2.24) is 10.4 Å². The molecule has 0 aliphatic heterocycles. The Kier molecular flexibility index (Phi) is 5.07. The third-order valence-electron chi connectivity index (χ3n) is 2.17. The Morgan fingerprint density at radius 3 is 2.40 bits per heavy atom. The highest BCUT2D eigenvalue weighted by Crippen LogP contribution is 2.22. The summed E-state index contributed by atoms with van der Waals surface area (Å²) in [4.78, 5) is 26.7. The SMILES string of the molecule is CON(C)C(=O)C(C)(C)CCNC(=O)O. The van der Waals surface area contributed by atoms with Gasteiger partial charge in [-0.05, 0) is 6.42 Å². The van der Waals surface area contributed by atoms with Crippen molar-refractivity contribution in [1.29, 1.82) is 0 Å². The van der Waals surface area contributed by atoms with Crippen molar-refractivity contribution >= 4 is 12.0 Å². The maximum absolute atomic E-state index is 11.7. The Hall–Kier alpha value is -1.30. The van der Waals surface area contributed by atoms with E-state index in [9.17, 15) is 9.59 Å². The van der Waals surface area contributed by atoms with Crippen molar-refractivity contribution in [2.45, 2.75) is 20.3 Å². The van der Waals surface area contributed by atoms with E-state index in [0.29, 0.717) is 6.42 Å². The number of carboxylic acid groups (broad SMARTS) is 1. The van der Waals surface area contributed by atoms with Gasteiger partial charge in [0.1, 0.15) is 0 Å². The van der Waals surface area contributed by atoms with Crippen LogP contribution in [-0.4, -0.2) is 42.9 Å². The molecule has 0 aromatic heterocycles. The number of hydroxylamine groups is 2. The van der Waals surface area contributed by atoms with Crippen LogP contribution in [0, 0.1) is 5.41 Å². The fourth-order valence-electron chi connectivity index (χ4n) is 1.10. The summed E-state index contributed by atoms with van der Waals surface area (Å²) in [5, 5.41) is 11.7. The largest absolute Gasteiger partial charge is 0.465 e. The number of hydrogen-bond donors (Lipinski definition) is 2. The summed E-state index contributed by atoms with van der Waals surface area (Å²) >= 11 is 0. The summed E-state index contributed by atoms with van der Waals surface area (Å²) in [5.74, 6) is -0.183. The maximum Gasteiger partial charge on any atom is 0.404 e. The molecular weight excluding hydrogens is 200 g/mol. The molecule has 6 heteroatoms.